The zero-order valence-corrected chi connectivity index (χ0v) is 12.9. The van der Waals surface area contributed by atoms with Gasteiger partial charge in [-0.05, 0) is 49.3 Å². The number of carbonyl (C=O) groups is 1. The Bertz CT molecular complexity index is 657. The summed E-state index contributed by atoms with van der Waals surface area (Å²) in [5.74, 6) is 0.0572. The van der Waals surface area contributed by atoms with E-state index in [9.17, 15) is 4.79 Å². The largest absolute Gasteiger partial charge is 0.308 e. The minimum atomic E-state index is 0.0572. The van der Waals surface area contributed by atoms with Crippen molar-refractivity contribution in [2.45, 2.75) is 24.3 Å². The van der Waals surface area contributed by atoms with Crippen molar-refractivity contribution in [2.75, 3.05) is 17.7 Å². The number of benzene rings is 1. The Morgan fingerprint density at radius 2 is 2.05 bits per heavy atom. The van der Waals surface area contributed by atoms with Crippen molar-refractivity contribution < 1.29 is 4.79 Å². The van der Waals surface area contributed by atoms with Gasteiger partial charge in [-0.1, -0.05) is 18.2 Å². The number of pyridine rings is 1. The molecule has 0 spiro atoms. The van der Waals surface area contributed by atoms with Crippen molar-refractivity contribution >= 4 is 23.4 Å². The molecule has 0 unspecified atom stereocenters. The molecule has 0 fully saturated rings. The molecule has 0 aliphatic carbocycles. The zero-order valence-electron chi connectivity index (χ0n) is 12.1. The lowest BCUT2D eigenvalue weighted by Crippen LogP contribution is -2.32. The highest BCUT2D eigenvalue weighted by Crippen LogP contribution is 2.29. The minimum absolute atomic E-state index is 0.0572. The Morgan fingerprint density at radius 1 is 1.19 bits per heavy atom. The minimum Gasteiger partial charge on any atom is -0.308 e. The molecule has 1 aliphatic rings. The summed E-state index contributed by atoms with van der Waals surface area (Å²) in [6, 6.07) is 11.9. The maximum Gasteiger partial charge on any atom is 0.261 e. The van der Waals surface area contributed by atoms with Gasteiger partial charge in [0.25, 0.3) is 5.91 Å². The van der Waals surface area contributed by atoms with E-state index in [2.05, 4.69) is 11.1 Å². The monoisotopic (exact) mass is 298 g/mol. The van der Waals surface area contributed by atoms with Gasteiger partial charge in [0.05, 0.1) is 5.56 Å². The second-order valence-corrected chi connectivity index (χ2v) is 5.90. The third kappa shape index (κ3) is 2.81. The molecule has 0 saturated carbocycles. The van der Waals surface area contributed by atoms with E-state index < -0.39 is 0 Å². The number of hydrogen-bond acceptors (Lipinski definition) is 3. The highest BCUT2D eigenvalue weighted by atomic mass is 32.2. The van der Waals surface area contributed by atoms with E-state index in [-0.39, 0.29) is 5.91 Å². The van der Waals surface area contributed by atoms with E-state index in [1.54, 1.807) is 6.20 Å². The molecule has 3 rings (SSSR count). The summed E-state index contributed by atoms with van der Waals surface area (Å²) in [6.07, 6.45) is 6.90. The van der Waals surface area contributed by atoms with Gasteiger partial charge in [0, 0.05) is 18.4 Å². The van der Waals surface area contributed by atoms with Crippen LogP contribution in [0.25, 0.3) is 0 Å². The smallest absolute Gasteiger partial charge is 0.261 e. The summed E-state index contributed by atoms with van der Waals surface area (Å²) >= 11 is 1.52. The quantitative estimate of drug-likeness (QED) is 0.791. The van der Waals surface area contributed by atoms with Gasteiger partial charge in [-0.2, -0.15) is 0 Å². The summed E-state index contributed by atoms with van der Waals surface area (Å²) in [4.78, 5) is 19.2. The lowest BCUT2D eigenvalue weighted by atomic mass is 10.1. The second-order valence-electron chi connectivity index (χ2n) is 5.10. The fourth-order valence-corrected chi connectivity index (χ4v) is 3.31. The van der Waals surface area contributed by atoms with Crippen LogP contribution < -0.4 is 4.90 Å². The molecule has 1 aromatic carbocycles. The van der Waals surface area contributed by atoms with E-state index >= 15 is 0 Å². The molecule has 2 heterocycles. The standard InChI is InChI=1S/C17H18N2OS/c1-21-16-14(9-6-11-18-16)17(20)19-12-5-4-8-13-7-2-3-10-15(13)19/h2-3,6-7,9-11H,4-5,8,12H2,1H3. The van der Waals surface area contributed by atoms with Gasteiger partial charge >= 0.3 is 0 Å². The van der Waals surface area contributed by atoms with Crippen LogP contribution >= 0.6 is 11.8 Å². The molecule has 4 heteroatoms. The third-order valence-electron chi connectivity index (χ3n) is 3.80. The molecule has 3 nitrogen and oxygen atoms in total. The number of fused-ring (bicyclic) bond motifs is 1. The molecule has 21 heavy (non-hydrogen) atoms. The fraction of sp³-hybridized carbons (Fsp3) is 0.294. The van der Waals surface area contributed by atoms with Crippen molar-refractivity contribution in [2.24, 2.45) is 0 Å². The van der Waals surface area contributed by atoms with Crippen LogP contribution in [0.1, 0.15) is 28.8 Å². The maximum absolute atomic E-state index is 13.0. The highest BCUT2D eigenvalue weighted by Gasteiger charge is 2.24. The van der Waals surface area contributed by atoms with Crippen molar-refractivity contribution in [1.29, 1.82) is 0 Å². The van der Waals surface area contributed by atoms with E-state index in [1.807, 2.05) is 41.5 Å². The number of anilines is 1. The van der Waals surface area contributed by atoms with Gasteiger partial charge in [0.15, 0.2) is 0 Å². The third-order valence-corrected chi connectivity index (χ3v) is 4.51. The zero-order chi connectivity index (χ0) is 14.7. The normalized spacial score (nSPS) is 14.4. The van der Waals surface area contributed by atoms with Crippen LogP contribution in [0.3, 0.4) is 0 Å². The maximum atomic E-state index is 13.0. The summed E-state index contributed by atoms with van der Waals surface area (Å²) in [5, 5.41) is 0.796. The first-order valence-corrected chi connectivity index (χ1v) is 8.42. The van der Waals surface area contributed by atoms with Crippen molar-refractivity contribution in [1.82, 2.24) is 4.98 Å². The lowest BCUT2D eigenvalue weighted by Gasteiger charge is -2.23. The lowest BCUT2D eigenvalue weighted by molar-refractivity contribution is 0.0983. The Labute approximate surface area is 129 Å². The number of aryl methyl sites for hydroxylation is 1. The predicted octanol–water partition coefficient (Wildman–Crippen LogP) is 3.79. The molecule has 1 amide bonds. The van der Waals surface area contributed by atoms with Crippen LogP contribution in [0, 0.1) is 0 Å². The number of aromatic nitrogens is 1. The van der Waals surface area contributed by atoms with Gasteiger partial charge in [-0.3, -0.25) is 4.79 Å². The van der Waals surface area contributed by atoms with Gasteiger partial charge in [0.1, 0.15) is 5.03 Å². The average Bonchev–Trinajstić information content (AvgIpc) is 2.76. The van der Waals surface area contributed by atoms with Crippen LogP contribution in [-0.4, -0.2) is 23.7 Å². The number of carbonyl (C=O) groups excluding carboxylic acids is 1. The van der Waals surface area contributed by atoms with E-state index in [0.29, 0.717) is 5.56 Å². The van der Waals surface area contributed by atoms with Crippen molar-refractivity contribution in [3.8, 4) is 0 Å². The number of amides is 1. The summed E-state index contributed by atoms with van der Waals surface area (Å²) < 4.78 is 0. The summed E-state index contributed by atoms with van der Waals surface area (Å²) in [7, 11) is 0. The molecule has 1 aromatic heterocycles. The Kier molecular flexibility index (Phi) is 4.25. The van der Waals surface area contributed by atoms with Gasteiger partial charge in [0.2, 0.25) is 0 Å². The first kappa shape index (κ1) is 14.1. The van der Waals surface area contributed by atoms with Crippen LogP contribution in [0.2, 0.25) is 0 Å². The second kappa shape index (κ2) is 6.31. The van der Waals surface area contributed by atoms with Gasteiger partial charge < -0.3 is 4.90 Å². The fourth-order valence-electron chi connectivity index (χ4n) is 2.76. The Hall–Kier alpha value is -1.81. The van der Waals surface area contributed by atoms with Gasteiger partial charge in [-0.15, -0.1) is 11.8 Å². The molecule has 0 bridgehead atoms. The SMILES string of the molecule is CSc1ncccc1C(=O)N1CCCCc2ccccc21. The van der Waals surface area contributed by atoms with Crippen molar-refractivity contribution in [3.63, 3.8) is 0 Å². The number of thioether (sulfide) groups is 1. The summed E-state index contributed by atoms with van der Waals surface area (Å²) in [6.45, 7) is 0.776. The van der Waals surface area contributed by atoms with E-state index in [1.165, 1.54) is 17.3 Å². The highest BCUT2D eigenvalue weighted by molar-refractivity contribution is 7.98. The number of para-hydroxylation sites is 1. The Morgan fingerprint density at radius 3 is 2.90 bits per heavy atom. The molecule has 0 radical (unpaired) electrons. The van der Waals surface area contributed by atoms with Crippen LogP contribution in [0.15, 0.2) is 47.6 Å². The molecule has 2 aromatic rings. The predicted molar refractivity (Wildman–Crippen MR) is 87.1 cm³/mol. The molecule has 0 N–H and O–H groups in total. The van der Waals surface area contributed by atoms with Gasteiger partial charge in [-0.25, -0.2) is 4.98 Å². The number of rotatable bonds is 2. The number of nitrogens with zero attached hydrogens (tertiary/aromatic N) is 2. The average molecular weight is 298 g/mol. The summed E-state index contributed by atoms with van der Waals surface area (Å²) in [5.41, 5.74) is 3.01. The first-order chi connectivity index (χ1) is 10.3. The van der Waals surface area contributed by atoms with Crippen LogP contribution in [-0.2, 0) is 6.42 Å². The Balaban J connectivity index is 2.01. The van der Waals surface area contributed by atoms with E-state index in [0.717, 1.165) is 36.5 Å². The molecule has 108 valence electrons. The van der Waals surface area contributed by atoms with Crippen LogP contribution in [0.4, 0.5) is 5.69 Å². The van der Waals surface area contributed by atoms with Crippen LogP contribution in [0.5, 0.6) is 0 Å². The molecular formula is C17H18N2OS. The topological polar surface area (TPSA) is 33.2 Å². The van der Waals surface area contributed by atoms with E-state index in [4.69, 9.17) is 0 Å². The van der Waals surface area contributed by atoms with Crippen molar-refractivity contribution in [3.05, 3.63) is 53.7 Å². The molecular weight excluding hydrogens is 280 g/mol. The first-order valence-electron chi connectivity index (χ1n) is 7.20. The molecule has 0 atom stereocenters. The number of hydrogen-bond donors (Lipinski definition) is 0. The molecule has 0 saturated heterocycles. The molecule has 1 aliphatic heterocycles.